The van der Waals surface area contributed by atoms with Crippen LogP contribution in [0.15, 0.2) is 54.7 Å². The van der Waals surface area contributed by atoms with Crippen molar-refractivity contribution in [3.05, 3.63) is 65.9 Å². The fraction of sp³-hybridized carbons (Fsp3) is 0.318. The molecule has 0 spiro atoms. The maximum Gasteiger partial charge on any atom is 0.228 e. The third-order valence-corrected chi connectivity index (χ3v) is 5.09. The van der Waals surface area contributed by atoms with E-state index >= 15 is 0 Å². The molecule has 4 rings (SSSR count). The van der Waals surface area contributed by atoms with Crippen LogP contribution in [0, 0.1) is 0 Å². The van der Waals surface area contributed by atoms with Gasteiger partial charge in [0, 0.05) is 29.3 Å². The summed E-state index contributed by atoms with van der Waals surface area (Å²) >= 11 is 0. The highest BCUT2D eigenvalue weighted by Crippen LogP contribution is 2.20. The van der Waals surface area contributed by atoms with E-state index in [1.807, 2.05) is 42.6 Å². The van der Waals surface area contributed by atoms with Crippen LogP contribution in [0.25, 0.3) is 10.9 Å². The number of piperidine rings is 1. The number of fused-ring (bicyclic) bond motifs is 1. The molecule has 1 aliphatic rings. The number of hydrogen-bond acceptors (Lipinski definition) is 2. The standard InChI is InChI=1S/C22H25N3O/c26-22(14-18-15-23-21-10-3-2-9-20(18)21)24-19-8-6-7-17(13-19)16-25-11-4-1-5-12-25/h2-3,6-10,13,15,23H,1,4-5,11-12,14,16H2,(H,24,26). The predicted octanol–water partition coefficient (Wildman–Crippen LogP) is 4.34. The van der Waals surface area contributed by atoms with Crippen molar-refractivity contribution in [2.24, 2.45) is 0 Å². The van der Waals surface area contributed by atoms with Crippen molar-refractivity contribution in [3.63, 3.8) is 0 Å². The number of likely N-dealkylation sites (tertiary alicyclic amines) is 1. The number of amides is 1. The van der Waals surface area contributed by atoms with Crippen LogP contribution < -0.4 is 5.32 Å². The number of aromatic amines is 1. The Kier molecular flexibility index (Phi) is 5.02. The molecular weight excluding hydrogens is 322 g/mol. The second-order valence-electron chi connectivity index (χ2n) is 7.12. The number of carbonyl (C=O) groups is 1. The molecule has 2 heterocycles. The van der Waals surface area contributed by atoms with Gasteiger partial charge in [-0.2, -0.15) is 0 Å². The first-order chi connectivity index (χ1) is 12.8. The van der Waals surface area contributed by atoms with Crippen molar-refractivity contribution in [2.75, 3.05) is 18.4 Å². The second kappa shape index (κ2) is 7.75. The zero-order valence-electron chi connectivity index (χ0n) is 15.0. The summed E-state index contributed by atoms with van der Waals surface area (Å²) in [5.41, 5.74) is 4.24. The summed E-state index contributed by atoms with van der Waals surface area (Å²) in [5, 5.41) is 4.16. The van der Waals surface area contributed by atoms with Gasteiger partial charge >= 0.3 is 0 Å². The van der Waals surface area contributed by atoms with Gasteiger partial charge in [0.1, 0.15) is 0 Å². The minimum absolute atomic E-state index is 0.0184. The Morgan fingerprint density at radius 1 is 1.04 bits per heavy atom. The van der Waals surface area contributed by atoms with E-state index in [9.17, 15) is 4.79 Å². The van der Waals surface area contributed by atoms with Crippen molar-refractivity contribution in [1.82, 2.24) is 9.88 Å². The number of nitrogens with one attached hydrogen (secondary N) is 2. The molecule has 0 bridgehead atoms. The summed E-state index contributed by atoms with van der Waals surface area (Å²) in [7, 11) is 0. The number of hydrogen-bond donors (Lipinski definition) is 2. The molecule has 4 nitrogen and oxygen atoms in total. The Balaban J connectivity index is 1.40. The van der Waals surface area contributed by atoms with E-state index in [2.05, 4.69) is 27.3 Å². The minimum Gasteiger partial charge on any atom is -0.361 e. The third-order valence-electron chi connectivity index (χ3n) is 5.09. The van der Waals surface area contributed by atoms with Gasteiger partial charge in [-0.1, -0.05) is 36.8 Å². The Morgan fingerprint density at radius 2 is 1.88 bits per heavy atom. The van der Waals surface area contributed by atoms with Gasteiger partial charge in [0.05, 0.1) is 6.42 Å². The maximum absolute atomic E-state index is 12.5. The van der Waals surface area contributed by atoms with Crippen LogP contribution in [0.2, 0.25) is 0 Å². The van der Waals surface area contributed by atoms with E-state index in [-0.39, 0.29) is 5.91 Å². The van der Waals surface area contributed by atoms with E-state index in [0.717, 1.165) is 28.7 Å². The van der Waals surface area contributed by atoms with Gasteiger partial charge in [-0.15, -0.1) is 0 Å². The van der Waals surface area contributed by atoms with Crippen LogP contribution in [0.4, 0.5) is 5.69 Å². The highest BCUT2D eigenvalue weighted by Gasteiger charge is 2.12. The molecule has 1 aliphatic heterocycles. The molecule has 134 valence electrons. The summed E-state index contributed by atoms with van der Waals surface area (Å²) in [4.78, 5) is 18.2. The number of H-pyrrole nitrogens is 1. The van der Waals surface area contributed by atoms with Gasteiger partial charge in [0.25, 0.3) is 0 Å². The Bertz CT molecular complexity index is 893. The molecule has 1 aromatic heterocycles. The van der Waals surface area contributed by atoms with Crippen molar-refractivity contribution in [2.45, 2.75) is 32.2 Å². The van der Waals surface area contributed by atoms with Gasteiger partial charge in [-0.05, 0) is 55.3 Å². The zero-order chi connectivity index (χ0) is 17.8. The van der Waals surface area contributed by atoms with Crippen molar-refractivity contribution in [3.8, 4) is 0 Å². The number of benzene rings is 2. The van der Waals surface area contributed by atoms with Gasteiger partial charge in [0.15, 0.2) is 0 Å². The molecule has 0 unspecified atom stereocenters. The number of anilines is 1. The molecule has 0 aliphatic carbocycles. The molecule has 0 saturated carbocycles. The minimum atomic E-state index is 0.0184. The molecule has 1 fully saturated rings. The average molecular weight is 347 g/mol. The van der Waals surface area contributed by atoms with Gasteiger partial charge in [0.2, 0.25) is 5.91 Å². The summed E-state index contributed by atoms with van der Waals surface area (Å²) in [6.45, 7) is 3.32. The summed E-state index contributed by atoms with van der Waals surface area (Å²) in [6.07, 6.45) is 6.24. The quantitative estimate of drug-likeness (QED) is 0.721. The van der Waals surface area contributed by atoms with Gasteiger partial charge in [-0.25, -0.2) is 0 Å². The highest BCUT2D eigenvalue weighted by atomic mass is 16.1. The van der Waals surface area contributed by atoms with E-state index in [1.54, 1.807) is 0 Å². The first-order valence-corrected chi connectivity index (χ1v) is 9.44. The van der Waals surface area contributed by atoms with Crippen LogP contribution in [0.5, 0.6) is 0 Å². The lowest BCUT2D eigenvalue weighted by Crippen LogP contribution is -2.29. The van der Waals surface area contributed by atoms with Crippen LogP contribution in [0.1, 0.15) is 30.4 Å². The summed E-state index contributed by atoms with van der Waals surface area (Å²) in [6, 6.07) is 16.3. The lowest BCUT2D eigenvalue weighted by Gasteiger charge is -2.26. The number of rotatable bonds is 5. The SMILES string of the molecule is O=C(Cc1c[nH]c2ccccc12)Nc1cccc(CN2CCCCC2)c1. The molecule has 1 saturated heterocycles. The third kappa shape index (κ3) is 3.97. The lowest BCUT2D eigenvalue weighted by molar-refractivity contribution is -0.115. The molecule has 2 aromatic carbocycles. The lowest BCUT2D eigenvalue weighted by atomic mass is 10.1. The normalized spacial score (nSPS) is 15.2. The van der Waals surface area contributed by atoms with Crippen LogP contribution in [-0.4, -0.2) is 28.9 Å². The molecule has 4 heteroatoms. The van der Waals surface area contributed by atoms with Crippen molar-refractivity contribution < 1.29 is 4.79 Å². The molecule has 3 aromatic rings. The van der Waals surface area contributed by atoms with E-state index in [4.69, 9.17) is 0 Å². The van der Waals surface area contributed by atoms with Crippen molar-refractivity contribution >= 4 is 22.5 Å². The first kappa shape index (κ1) is 16.9. The largest absolute Gasteiger partial charge is 0.361 e. The van der Waals surface area contributed by atoms with E-state index in [1.165, 1.54) is 37.9 Å². The Labute approximate surface area is 154 Å². The van der Waals surface area contributed by atoms with Gasteiger partial charge in [-0.3, -0.25) is 9.69 Å². The smallest absolute Gasteiger partial charge is 0.228 e. The number of carbonyl (C=O) groups excluding carboxylic acids is 1. The molecule has 0 atom stereocenters. The predicted molar refractivity (Wildman–Crippen MR) is 106 cm³/mol. The second-order valence-corrected chi connectivity index (χ2v) is 7.12. The maximum atomic E-state index is 12.5. The molecule has 26 heavy (non-hydrogen) atoms. The number of aromatic nitrogens is 1. The topological polar surface area (TPSA) is 48.1 Å². The molecular formula is C22H25N3O. The van der Waals surface area contributed by atoms with E-state index in [0.29, 0.717) is 6.42 Å². The summed E-state index contributed by atoms with van der Waals surface area (Å²) < 4.78 is 0. The fourth-order valence-electron chi connectivity index (χ4n) is 3.78. The monoisotopic (exact) mass is 347 g/mol. The molecule has 0 radical (unpaired) electrons. The number of para-hydroxylation sites is 1. The highest BCUT2D eigenvalue weighted by molar-refractivity contribution is 5.95. The first-order valence-electron chi connectivity index (χ1n) is 9.44. The average Bonchev–Trinajstić information content (AvgIpc) is 3.06. The number of nitrogens with zero attached hydrogens (tertiary/aromatic N) is 1. The van der Waals surface area contributed by atoms with E-state index < -0.39 is 0 Å². The van der Waals surface area contributed by atoms with Crippen LogP contribution in [0.3, 0.4) is 0 Å². The Morgan fingerprint density at radius 3 is 2.77 bits per heavy atom. The van der Waals surface area contributed by atoms with Gasteiger partial charge < -0.3 is 10.3 Å². The Hall–Kier alpha value is -2.59. The molecule has 2 N–H and O–H groups in total. The van der Waals surface area contributed by atoms with Crippen LogP contribution >= 0.6 is 0 Å². The molecule has 1 amide bonds. The summed E-state index contributed by atoms with van der Waals surface area (Å²) in [5.74, 6) is 0.0184. The van der Waals surface area contributed by atoms with Crippen molar-refractivity contribution in [1.29, 1.82) is 0 Å². The van der Waals surface area contributed by atoms with Crippen LogP contribution in [-0.2, 0) is 17.8 Å². The zero-order valence-corrected chi connectivity index (χ0v) is 15.0. The fourth-order valence-corrected chi connectivity index (χ4v) is 3.78.